The van der Waals surface area contributed by atoms with E-state index in [1.165, 1.54) is 6.33 Å². The average molecular weight is 388 g/mol. The molecule has 5 nitrogen and oxygen atoms in total. The van der Waals surface area contributed by atoms with Crippen molar-refractivity contribution in [2.75, 3.05) is 5.73 Å². The van der Waals surface area contributed by atoms with Crippen molar-refractivity contribution in [3.8, 4) is 17.7 Å². The minimum atomic E-state index is 0.404. The van der Waals surface area contributed by atoms with Crippen molar-refractivity contribution in [1.82, 2.24) is 9.97 Å². The molecule has 0 aliphatic carbocycles. The number of rotatable bonds is 2. The first kappa shape index (κ1) is 13.6. The van der Waals surface area contributed by atoms with Crippen LogP contribution in [-0.2, 0) is 0 Å². The van der Waals surface area contributed by atoms with Gasteiger partial charge in [0, 0.05) is 0 Å². The highest BCUT2D eigenvalue weighted by molar-refractivity contribution is 14.1. The molecule has 0 saturated carbocycles. The maximum absolute atomic E-state index is 8.94. The number of fused-ring (bicyclic) bond motifs is 1. The number of nitrogen functional groups attached to an aromatic ring is 1. The lowest BCUT2D eigenvalue weighted by Crippen LogP contribution is -1.98. The van der Waals surface area contributed by atoms with E-state index in [2.05, 4.69) is 38.6 Å². The molecule has 102 valence electrons. The summed E-state index contributed by atoms with van der Waals surface area (Å²) in [6.45, 7) is 0. The van der Waals surface area contributed by atoms with Crippen molar-refractivity contribution >= 4 is 39.2 Å². The molecular formula is C15H9IN4O. The Morgan fingerprint density at radius 2 is 2.00 bits per heavy atom. The molecular weight excluding hydrogens is 379 g/mol. The van der Waals surface area contributed by atoms with Crippen molar-refractivity contribution in [1.29, 1.82) is 5.26 Å². The van der Waals surface area contributed by atoms with Gasteiger partial charge in [-0.1, -0.05) is 12.1 Å². The van der Waals surface area contributed by atoms with Crippen LogP contribution in [-0.4, -0.2) is 9.97 Å². The number of ether oxygens (including phenoxy) is 1. The first-order valence-corrected chi connectivity index (χ1v) is 7.13. The third kappa shape index (κ3) is 2.60. The SMILES string of the molecule is N#Cc1cc(N)c(Oc2ncnc3ccccc23)c(I)c1. The molecule has 0 aliphatic heterocycles. The number of nitriles is 1. The van der Waals surface area contributed by atoms with Crippen LogP contribution in [0.4, 0.5) is 5.69 Å². The molecule has 0 unspecified atom stereocenters. The molecule has 1 aromatic heterocycles. The summed E-state index contributed by atoms with van der Waals surface area (Å²) >= 11 is 2.09. The predicted octanol–water partition coefficient (Wildman–Crippen LogP) is 3.48. The van der Waals surface area contributed by atoms with Gasteiger partial charge in [-0.2, -0.15) is 5.26 Å². The maximum Gasteiger partial charge on any atom is 0.230 e. The molecule has 3 rings (SSSR count). The summed E-state index contributed by atoms with van der Waals surface area (Å²) in [5.41, 5.74) is 7.66. The Balaban J connectivity index is 2.10. The lowest BCUT2D eigenvalue weighted by molar-refractivity contribution is 0.467. The van der Waals surface area contributed by atoms with Gasteiger partial charge in [0.2, 0.25) is 5.88 Å². The highest BCUT2D eigenvalue weighted by atomic mass is 127. The van der Waals surface area contributed by atoms with Crippen LogP contribution in [0.25, 0.3) is 10.9 Å². The first-order valence-electron chi connectivity index (χ1n) is 6.06. The normalized spacial score (nSPS) is 10.3. The predicted molar refractivity (Wildman–Crippen MR) is 87.9 cm³/mol. The number of hydrogen-bond donors (Lipinski definition) is 1. The summed E-state index contributed by atoms with van der Waals surface area (Å²) in [5.74, 6) is 0.938. The lowest BCUT2D eigenvalue weighted by Gasteiger charge is -2.11. The van der Waals surface area contributed by atoms with E-state index < -0.39 is 0 Å². The fourth-order valence-electron chi connectivity index (χ4n) is 1.95. The molecule has 0 atom stereocenters. The van der Waals surface area contributed by atoms with E-state index in [0.717, 1.165) is 14.5 Å². The topological polar surface area (TPSA) is 84.8 Å². The molecule has 0 amide bonds. The molecule has 0 radical (unpaired) electrons. The van der Waals surface area contributed by atoms with E-state index in [4.69, 9.17) is 15.7 Å². The third-order valence-electron chi connectivity index (χ3n) is 2.91. The maximum atomic E-state index is 8.94. The van der Waals surface area contributed by atoms with Crippen LogP contribution >= 0.6 is 22.6 Å². The second kappa shape index (κ2) is 5.54. The van der Waals surface area contributed by atoms with Crippen molar-refractivity contribution in [3.63, 3.8) is 0 Å². The van der Waals surface area contributed by atoms with Crippen LogP contribution in [0, 0.1) is 14.9 Å². The Kier molecular flexibility index (Phi) is 3.58. The number of para-hydroxylation sites is 1. The summed E-state index contributed by atoms with van der Waals surface area (Å²) in [7, 11) is 0. The zero-order valence-corrected chi connectivity index (χ0v) is 12.9. The Labute approximate surface area is 134 Å². The molecule has 0 saturated heterocycles. The van der Waals surface area contributed by atoms with E-state index >= 15 is 0 Å². The van der Waals surface area contributed by atoms with Gasteiger partial charge in [0.05, 0.1) is 31.8 Å². The fraction of sp³-hybridized carbons (Fsp3) is 0. The number of nitrogens with two attached hydrogens (primary N) is 1. The highest BCUT2D eigenvalue weighted by Gasteiger charge is 2.12. The molecule has 0 fully saturated rings. The quantitative estimate of drug-likeness (QED) is 0.537. The van der Waals surface area contributed by atoms with E-state index in [0.29, 0.717) is 22.9 Å². The Hall–Kier alpha value is -2.40. The molecule has 0 spiro atoms. The minimum Gasteiger partial charge on any atom is -0.435 e. The molecule has 2 aromatic carbocycles. The van der Waals surface area contributed by atoms with Crippen LogP contribution in [0.3, 0.4) is 0 Å². The molecule has 0 bridgehead atoms. The minimum absolute atomic E-state index is 0.404. The fourth-order valence-corrected chi connectivity index (χ4v) is 2.70. The van der Waals surface area contributed by atoms with E-state index in [1.54, 1.807) is 12.1 Å². The average Bonchev–Trinajstić information content (AvgIpc) is 2.50. The van der Waals surface area contributed by atoms with Gasteiger partial charge in [-0.3, -0.25) is 0 Å². The Bertz CT molecular complexity index is 845. The van der Waals surface area contributed by atoms with Gasteiger partial charge in [0.25, 0.3) is 0 Å². The van der Waals surface area contributed by atoms with Crippen molar-refractivity contribution < 1.29 is 4.74 Å². The van der Waals surface area contributed by atoms with Gasteiger partial charge in [-0.15, -0.1) is 0 Å². The number of hydrogen-bond acceptors (Lipinski definition) is 5. The molecule has 3 aromatic rings. The summed E-state index contributed by atoms with van der Waals surface area (Å²) in [5, 5.41) is 9.74. The van der Waals surface area contributed by atoms with Crippen molar-refractivity contribution in [3.05, 3.63) is 51.9 Å². The highest BCUT2D eigenvalue weighted by Crippen LogP contribution is 2.34. The van der Waals surface area contributed by atoms with Crippen LogP contribution in [0.2, 0.25) is 0 Å². The summed E-state index contributed by atoms with van der Waals surface area (Å²) in [4.78, 5) is 8.36. The number of aromatic nitrogens is 2. The van der Waals surface area contributed by atoms with Gasteiger partial charge in [0.15, 0.2) is 5.75 Å². The first-order chi connectivity index (χ1) is 10.2. The number of anilines is 1. The largest absolute Gasteiger partial charge is 0.435 e. The number of halogens is 1. The van der Waals surface area contributed by atoms with Gasteiger partial charge in [-0.25, -0.2) is 9.97 Å². The zero-order chi connectivity index (χ0) is 14.8. The van der Waals surface area contributed by atoms with Crippen molar-refractivity contribution in [2.45, 2.75) is 0 Å². The lowest BCUT2D eigenvalue weighted by atomic mass is 10.2. The van der Waals surface area contributed by atoms with Gasteiger partial charge in [0.1, 0.15) is 6.33 Å². The summed E-state index contributed by atoms with van der Waals surface area (Å²) in [6.07, 6.45) is 1.45. The molecule has 1 heterocycles. The Morgan fingerprint density at radius 1 is 1.19 bits per heavy atom. The van der Waals surface area contributed by atoms with Gasteiger partial charge >= 0.3 is 0 Å². The number of nitrogens with zero attached hydrogens (tertiary/aromatic N) is 3. The molecule has 2 N–H and O–H groups in total. The summed E-state index contributed by atoms with van der Waals surface area (Å²) in [6, 6.07) is 12.9. The summed E-state index contributed by atoms with van der Waals surface area (Å²) < 4.78 is 6.62. The monoisotopic (exact) mass is 388 g/mol. The van der Waals surface area contributed by atoms with E-state index in [9.17, 15) is 0 Å². The molecule has 0 aliphatic rings. The zero-order valence-electron chi connectivity index (χ0n) is 10.7. The van der Waals surface area contributed by atoms with Crippen LogP contribution in [0.1, 0.15) is 5.56 Å². The van der Waals surface area contributed by atoms with Gasteiger partial charge in [-0.05, 0) is 46.9 Å². The third-order valence-corrected chi connectivity index (χ3v) is 3.71. The second-order valence-corrected chi connectivity index (χ2v) is 5.45. The van der Waals surface area contributed by atoms with Crippen LogP contribution in [0.5, 0.6) is 11.6 Å². The van der Waals surface area contributed by atoms with Crippen LogP contribution < -0.4 is 10.5 Å². The van der Waals surface area contributed by atoms with E-state index in [-0.39, 0.29) is 0 Å². The smallest absolute Gasteiger partial charge is 0.230 e. The second-order valence-electron chi connectivity index (χ2n) is 4.29. The van der Waals surface area contributed by atoms with E-state index in [1.807, 2.05) is 24.3 Å². The van der Waals surface area contributed by atoms with Crippen LogP contribution in [0.15, 0.2) is 42.7 Å². The Morgan fingerprint density at radius 3 is 2.76 bits per heavy atom. The van der Waals surface area contributed by atoms with Gasteiger partial charge < -0.3 is 10.5 Å². The number of benzene rings is 2. The molecule has 21 heavy (non-hydrogen) atoms. The standard InChI is InChI=1S/C15H9IN4O/c16-11-5-9(7-17)6-12(18)14(11)21-15-10-3-1-2-4-13(10)19-8-20-15/h1-6,8H,18H2. The van der Waals surface area contributed by atoms with Crippen molar-refractivity contribution in [2.24, 2.45) is 0 Å². The molecule has 6 heteroatoms.